The standard InChI is InChI=1S/C12H14N6O4S/c1-22-8-7-9(14-5-13-8)23-10(16-7)17-11(19)18-3-2-6(4-18)15-12(20)21/h5-6,15H,2-4H2,1H3,(H,20,21)(H,16,17,19). The summed E-state index contributed by atoms with van der Waals surface area (Å²) in [6, 6.07) is -0.578. The van der Waals surface area contributed by atoms with Gasteiger partial charge >= 0.3 is 12.1 Å². The Labute approximate surface area is 134 Å². The highest BCUT2D eigenvalue weighted by Gasteiger charge is 2.27. The van der Waals surface area contributed by atoms with E-state index in [0.717, 1.165) is 0 Å². The number of aromatic nitrogens is 3. The molecule has 23 heavy (non-hydrogen) atoms. The monoisotopic (exact) mass is 338 g/mol. The summed E-state index contributed by atoms with van der Waals surface area (Å²) in [6.07, 6.45) is 0.862. The minimum atomic E-state index is -1.09. The van der Waals surface area contributed by atoms with Gasteiger partial charge in [0.2, 0.25) is 5.88 Å². The van der Waals surface area contributed by atoms with Gasteiger partial charge in [0, 0.05) is 13.1 Å². The Morgan fingerprint density at radius 1 is 1.48 bits per heavy atom. The molecule has 3 amide bonds. The first-order valence-electron chi connectivity index (χ1n) is 6.77. The molecular weight excluding hydrogens is 324 g/mol. The van der Waals surface area contributed by atoms with Crippen molar-refractivity contribution in [3.05, 3.63) is 6.33 Å². The number of ether oxygens (including phenoxy) is 1. The number of carbonyl (C=O) groups is 2. The predicted molar refractivity (Wildman–Crippen MR) is 81.9 cm³/mol. The lowest BCUT2D eigenvalue weighted by Crippen LogP contribution is -2.39. The number of thiazole rings is 1. The van der Waals surface area contributed by atoms with Crippen LogP contribution in [0.4, 0.5) is 14.7 Å². The summed E-state index contributed by atoms with van der Waals surface area (Å²) in [4.78, 5) is 37.3. The number of carbonyl (C=O) groups excluding carboxylic acids is 1. The summed E-state index contributed by atoms with van der Waals surface area (Å²) in [5.74, 6) is 0.346. The maximum Gasteiger partial charge on any atom is 0.404 e. The molecule has 2 aromatic heterocycles. The highest BCUT2D eigenvalue weighted by atomic mass is 32.1. The number of rotatable bonds is 3. The van der Waals surface area contributed by atoms with Crippen LogP contribution in [0.1, 0.15) is 6.42 Å². The van der Waals surface area contributed by atoms with Crippen LogP contribution in [-0.2, 0) is 0 Å². The molecule has 122 valence electrons. The fourth-order valence-corrected chi connectivity index (χ4v) is 3.13. The third-order valence-electron chi connectivity index (χ3n) is 3.37. The zero-order valence-corrected chi connectivity index (χ0v) is 13.0. The van der Waals surface area contributed by atoms with E-state index in [-0.39, 0.29) is 12.1 Å². The van der Waals surface area contributed by atoms with E-state index in [9.17, 15) is 9.59 Å². The van der Waals surface area contributed by atoms with E-state index in [1.165, 1.54) is 29.7 Å². The van der Waals surface area contributed by atoms with Crippen molar-refractivity contribution in [3.63, 3.8) is 0 Å². The first-order valence-corrected chi connectivity index (χ1v) is 7.59. The normalized spacial score (nSPS) is 17.3. The molecule has 0 radical (unpaired) electrons. The number of likely N-dealkylation sites (tertiary alicyclic amines) is 1. The second-order valence-electron chi connectivity index (χ2n) is 4.87. The van der Waals surface area contributed by atoms with E-state index in [0.29, 0.717) is 40.9 Å². The Bertz CT molecular complexity index is 750. The van der Waals surface area contributed by atoms with Crippen LogP contribution in [0, 0.1) is 0 Å². The van der Waals surface area contributed by atoms with Crippen molar-refractivity contribution in [1.82, 2.24) is 25.2 Å². The molecule has 0 saturated carbocycles. The average molecular weight is 338 g/mol. The summed E-state index contributed by atoms with van der Waals surface area (Å²) in [7, 11) is 1.49. The zero-order valence-electron chi connectivity index (χ0n) is 12.1. The maximum atomic E-state index is 12.2. The van der Waals surface area contributed by atoms with Crippen molar-refractivity contribution in [2.45, 2.75) is 12.5 Å². The number of fused-ring (bicyclic) bond motifs is 1. The number of carboxylic acid groups (broad SMARTS) is 1. The first kappa shape index (κ1) is 15.2. The molecule has 3 heterocycles. The molecule has 0 bridgehead atoms. The molecule has 1 aliphatic heterocycles. The van der Waals surface area contributed by atoms with Crippen molar-refractivity contribution in [3.8, 4) is 5.88 Å². The van der Waals surface area contributed by atoms with Crippen LogP contribution < -0.4 is 15.4 Å². The molecule has 1 fully saturated rings. The Balaban J connectivity index is 1.68. The molecule has 2 aromatic rings. The summed E-state index contributed by atoms with van der Waals surface area (Å²) in [6.45, 7) is 0.803. The van der Waals surface area contributed by atoms with E-state index in [2.05, 4.69) is 25.6 Å². The van der Waals surface area contributed by atoms with Crippen molar-refractivity contribution in [2.75, 3.05) is 25.5 Å². The largest absolute Gasteiger partial charge is 0.479 e. The van der Waals surface area contributed by atoms with E-state index in [4.69, 9.17) is 9.84 Å². The van der Waals surface area contributed by atoms with Crippen LogP contribution in [-0.4, -0.2) is 63.3 Å². The molecule has 1 aliphatic rings. The Morgan fingerprint density at radius 3 is 3.04 bits per heavy atom. The van der Waals surface area contributed by atoms with Gasteiger partial charge in [-0.25, -0.2) is 19.6 Å². The number of nitrogens with one attached hydrogen (secondary N) is 2. The summed E-state index contributed by atoms with van der Waals surface area (Å²) in [5.41, 5.74) is 0.488. The lowest BCUT2D eigenvalue weighted by Gasteiger charge is -2.16. The average Bonchev–Trinajstić information content (AvgIpc) is 3.12. The van der Waals surface area contributed by atoms with Crippen LogP contribution in [0.5, 0.6) is 5.88 Å². The first-order chi connectivity index (χ1) is 11.1. The molecule has 1 atom stereocenters. The summed E-state index contributed by atoms with van der Waals surface area (Å²) < 4.78 is 5.10. The van der Waals surface area contributed by atoms with Gasteiger partial charge in [0.05, 0.1) is 13.2 Å². The maximum absolute atomic E-state index is 12.2. The summed E-state index contributed by atoms with van der Waals surface area (Å²) >= 11 is 1.21. The third kappa shape index (κ3) is 3.23. The van der Waals surface area contributed by atoms with Gasteiger partial charge in [-0.3, -0.25) is 5.32 Å². The number of nitrogens with zero attached hydrogens (tertiary/aromatic N) is 4. The van der Waals surface area contributed by atoms with E-state index >= 15 is 0 Å². The minimum Gasteiger partial charge on any atom is -0.479 e. The fourth-order valence-electron chi connectivity index (χ4n) is 2.34. The second kappa shape index (κ2) is 6.20. The van der Waals surface area contributed by atoms with Gasteiger partial charge in [0.1, 0.15) is 6.33 Å². The molecule has 10 nitrogen and oxygen atoms in total. The second-order valence-corrected chi connectivity index (χ2v) is 5.84. The predicted octanol–water partition coefficient (Wildman–Crippen LogP) is 0.969. The fraction of sp³-hybridized carbons (Fsp3) is 0.417. The van der Waals surface area contributed by atoms with Crippen molar-refractivity contribution in [2.24, 2.45) is 0 Å². The molecule has 0 aromatic carbocycles. The van der Waals surface area contributed by atoms with Crippen molar-refractivity contribution in [1.29, 1.82) is 0 Å². The zero-order chi connectivity index (χ0) is 16.4. The molecule has 3 rings (SSSR count). The molecule has 0 aliphatic carbocycles. The van der Waals surface area contributed by atoms with E-state index in [1.54, 1.807) is 0 Å². The Kier molecular flexibility index (Phi) is 4.10. The Hall–Kier alpha value is -2.69. The van der Waals surface area contributed by atoms with Gasteiger partial charge in [0.15, 0.2) is 15.5 Å². The van der Waals surface area contributed by atoms with Gasteiger partial charge in [-0.15, -0.1) is 0 Å². The molecule has 11 heteroatoms. The topological polar surface area (TPSA) is 130 Å². The van der Waals surface area contributed by atoms with Gasteiger partial charge in [-0.2, -0.15) is 4.98 Å². The minimum absolute atomic E-state index is 0.250. The molecule has 0 spiro atoms. The third-order valence-corrected chi connectivity index (χ3v) is 4.25. The number of hydrogen-bond donors (Lipinski definition) is 3. The van der Waals surface area contributed by atoms with Gasteiger partial charge in [0.25, 0.3) is 0 Å². The number of methoxy groups -OCH3 is 1. The van der Waals surface area contributed by atoms with Gasteiger partial charge in [-0.05, 0) is 6.42 Å². The lowest BCUT2D eigenvalue weighted by molar-refractivity contribution is 0.189. The lowest BCUT2D eigenvalue weighted by atomic mass is 10.3. The van der Waals surface area contributed by atoms with E-state index < -0.39 is 6.09 Å². The SMILES string of the molecule is COc1ncnc2sc(NC(=O)N3CCC(NC(=O)O)C3)nc12. The van der Waals surface area contributed by atoms with Crippen LogP contribution in [0.25, 0.3) is 10.3 Å². The molecule has 1 unspecified atom stereocenters. The van der Waals surface area contributed by atoms with Gasteiger partial charge in [-0.1, -0.05) is 11.3 Å². The number of urea groups is 1. The molecule has 3 N–H and O–H groups in total. The van der Waals surface area contributed by atoms with Crippen molar-refractivity contribution >= 4 is 38.9 Å². The van der Waals surface area contributed by atoms with Crippen LogP contribution in [0.2, 0.25) is 0 Å². The number of hydrogen-bond acceptors (Lipinski definition) is 7. The quantitative estimate of drug-likeness (QED) is 0.760. The van der Waals surface area contributed by atoms with Crippen molar-refractivity contribution < 1.29 is 19.4 Å². The van der Waals surface area contributed by atoms with Gasteiger partial charge < -0.3 is 20.1 Å². The number of anilines is 1. The smallest absolute Gasteiger partial charge is 0.404 e. The molecular formula is C12H14N6O4S. The van der Waals surface area contributed by atoms with Crippen LogP contribution in [0.3, 0.4) is 0 Å². The number of amides is 3. The van der Waals surface area contributed by atoms with Crippen LogP contribution >= 0.6 is 11.3 Å². The van der Waals surface area contributed by atoms with E-state index in [1.807, 2.05) is 0 Å². The highest BCUT2D eigenvalue weighted by molar-refractivity contribution is 7.22. The highest BCUT2D eigenvalue weighted by Crippen LogP contribution is 2.29. The Morgan fingerprint density at radius 2 is 2.30 bits per heavy atom. The summed E-state index contributed by atoms with van der Waals surface area (Å²) in [5, 5.41) is 14.2. The molecule has 1 saturated heterocycles. The van der Waals surface area contributed by atoms with Crippen LogP contribution in [0.15, 0.2) is 6.33 Å².